The maximum Gasteiger partial charge on any atom is 0.313 e. The maximum atomic E-state index is 12.1. The first kappa shape index (κ1) is 20.2. The van der Waals surface area contributed by atoms with Crippen molar-refractivity contribution >= 4 is 29.1 Å². The van der Waals surface area contributed by atoms with Crippen LogP contribution in [0.3, 0.4) is 0 Å². The van der Waals surface area contributed by atoms with Crippen molar-refractivity contribution in [2.45, 2.75) is 19.4 Å². The molecule has 0 aliphatic carbocycles. The van der Waals surface area contributed by atoms with Crippen molar-refractivity contribution in [1.29, 1.82) is 0 Å². The molecule has 29 heavy (non-hydrogen) atoms. The number of hydrogen-bond acceptors (Lipinski definition) is 6. The Morgan fingerprint density at radius 3 is 2.24 bits per heavy atom. The van der Waals surface area contributed by atoms with Crippen molar-refractivity contribution in [3.8, 4) is 11.5 Å². The van der Waals surface area contributed by atoms with E-state index in [0.29, 0.717) is 28.4 Å². The monoisotopic (exact) mass is 399 g/mol. The van der Waals surface area contributed by atoms with Gasteiger partial charge in [-0.1, -0.05) is 6.07 Å². The van der Waals surface area contributed by atoms with Gasteiger partial charge in [0, 0.05) is 18.3 Å². The van der Waals surface area contributed by atoms with Gasteiger partial charge < -0.3 is 30.5 Å². The van der Waals surface area contributed by atoms with Gasteiger partial charge >= 0.3 is 11.8 Å². The first-order chi connectivity index (χ1) is 13.7. The molecule has 1 atom stereocenters. The van der Waals surface area contributed by atoms with E-state index in [1.807, 2.05) is 0 Å². The Morgan fingerprint density at radius 2 is 1.59 bits per heavy atom. The van der Waals surface area contributed by atoms with Gasteiger partial charge in [-0.3, -0.25) is 14.4 Å². The van der Waals surface area contributed by atoms with Crippen LogP contribution >= 0.6 is 0 Å². The third kappa shape index (κ3) is 5.02. The summed E-state index contributed by atoms with van der Waals surface area (Å²) in [5, 5.41) is 18.1. The predicted octanol–water partition coefficient (Wildman–Crippen LogP) is 1.34. The van der Waals surface area contributed by atoms with Gasteiger partial charge in [-0.2, -0.15) is 0 Å². The molecule has 0 spiro atoms. The summed E-state index contributed by atoms with van der Waals surface area (Å²) in [5.74, 6) is -0.890. The van der Waals surface area contributed by atoms with Gasteiger partial charge in [0.25, 0.3) is 0 Å². The van der Waals surface area contributed by atoms with Crippen LogP contribution in [0.4, 0.5) is 11.4 Å². The lowest BCUT2D eigenvalue weighted by Crippen LogP contribution is -2.43. The molecular formula is C20H21N3O6. The van der Waals surface area contributed by atoms with Gasteiger partial charge in [0.1, 0.15) is 5.60 Å². The van der Waals surface area contributed by atoms with E-state index in [9.17, 15) is 19.5 Å². The molecule has 3 rings (SSSR count). The average Bonchev–Trinajstić information content (AvgIpc) is 3.15. The highest BCUT2D eigenvalue weighted by molar-refractivity contribution is 6.39. The zero-order valence-corrected chi connectivity index (χ0v) is 15.9. The first-order valence-electron chi connectivity index (χ1n) is 8.84. The molecule has 1 heterocycles. The number of anilines is 2. The zero-order valence-electron chi connectivity index (χ0n) is 15.9. The first-order valence-corrected chi connectivity index (χ1v) is 8.84. The molecule has 2 aromatic rings. The molecule has 152 valence electrons. The maximum absolute atomic E-state index is 12.1. The lowest BCUT2D eigenvalue weighted by molar-refractivity contribution is -0.136. The number of aliphatic hydroxyl groups is 1. The van der Waals surface area contributed by atoms with E-state index in [-0.39, 0.29) is 19.2 Å². The van der Waals surface area contributed by atoms with E-state index in [0.717, 1.165) is 0 Å². The molecule has 1 unspecified atom stereocenters. The normalized spacial score (nSPS) is 13.9. The van der Waals surface area contributed by atoms with Crippen molar-refractivity contribution in [3.63, 3.8) is 0 Å². The van der Waals surface area contributed by atoms with E-state index in [4.69, 9.17) is 9.47 Å². The van der Waals surface area contributed by atoms with Crippen LogP contribution in [-0.2, 0) is 20.0 Å². The van der Waals surface area contributed by atoms with Crippen LogP contribution < -0.4 is 25.4 Å². The van der Waals surface area contributed by atoms with Crippen molar-refractivity contribution in [2.24, 2.45) is 0 Å². The highest BCUT2D eigenvalue weighted by Crippen LogP contribution is 2.35. The second kappa shape index (κ2) is 8.19. The van der Waals surface area contributed by atoms with Crippen LogP contribution in [0.2, 0.25) is 0 Å². The van der Waals surface area contributed by atoms with Crippen LogP contribution in [0.15, 0.2) is 42.5 Å². The van der Waals surface area contributed by atoms with Gasteiger partial charge in [-0.15, -0.1) is 0 Å². The number of amides is 3. The molecule has 9 nitrogen and oxygen atoms in total. The van der Waals surface area contributed by atoms with Gasteiger partial charge in [-0.05, 0) is 48.9 Å². The lowest BCUT2D eigenvalue weighted by Gasteiger charge is -2.24. The Balaban J connectivity index is 1.55. The minimum atomic E-state index is -1.42. The molecule has 4 N–H and O–H groups in total. The topological polar surface area (TPSA) is 126 Å². The Morgan fingerprint density at radius 1 is 0.966 bits per heavy atom. The average molecular weight is 399 g/mol. The number of hydrogen-bond donors (Lipinski definition) is 4. The number of nitrogens with one attached hydrogen (secondary N) is 3. The number of fused-ring (bicyclic) bond motifs is 1. The lowest BCUT2D eigenvalue weighted by atomic mass is 9.95. The molecular weight excluding hydrogens is 378 g/mol. The Kier molecular flexibility index (Phi) is 5.69. The van der Waals surface area contributed by atoms with Crippen LogP contribution in [0.1, 0.15) is 19.4 Å². The molecule has 3 amide bonds. The SMILES string of the molecule is CC(=O)Nc1ccc(NC(=O)C(=O)NCC(C)(O)c2ccc3c(c2)OCO3)cc1. The van der Waals surface area contributed by atoms with Crippen molar-refractivity contribution in [3.05, 3.63) is 48.0 Å². The van der Waals surface area contributed by atoms with Crippen LogP contribution in [0, 0.1) is 0 Å². The zero-order chi connectivity index (χ0) is 21.0. The summed E-state index contributed by atoms with van der Waals surface area (Å²) in [6.07, 6.45) is 0. The van der Waals surface area contributed by atoms with E-state index >= 15 is 0 Å². The van der Waals surface area contributed by atoms with Crippen LogP contribution in [0.25, 0.3) is 0 Å². The van der Waals surface area contributed by atoms with E-state index in [2.05, 4.69) is 16.0 Å². The molecule has 0 saturated heterocycles. The van der Waals surface area contributed by atoms with Crippen molar-refractivity contribution in [1.82, 2.24) is 5.32 Å². The molecule has 1 aliphatic heterocycles. The Bertz CT molecular complexity index is 940. The summed E-state index contributed by atoms with van der Waals surface area (Å²) in [5.41, 5.74) is 0.0502. The second-order valence-electron chi connectivity index (χ2n) is 6.74. The van der Waals surface area contributed by atoms with Crippen LogP contribution in [-0.4, -0.2) is 36.2 Å². The number of carbonyl (C=O) groups excluding carboxylic acids is 3. The molecule has 0 saturated carbocycles. The van der Waals surface area contributed by atoms with Crippen molar-refractivity contribution < 1.29 is 29.0 Å². The van der Waals surface area contributed by atoms with Gasteiger partial charge in [-0.25, -0.2) is 0 Å². The fraction of sp³-hybridized carbons (Fsp3) is 0.250. The predicted molar refractivity (Wildman–Crippen MR) is 105 cm³/mol. The number of carbonyl (C=O) groups is 3. The Labute approximate surface area is 167 Å². The summed E-state index contributed by atoms with van der Waals surface area (Å²) in [6.45, 7) is 2.84. The summed E-state index contributed by atoms with van der Waals surface area (Å²) >= 11 is 0. The van der Waals surface area contributed by atoms with Crippen molar-refractivity contribution in [2.75, 3.05) is 24.0 Å². The largest absolute Gasteiger partial charge is 0.454 e. The number of ether oxygens (including phenoxy) is 2. The summed E-state index contributed by atoms with van der Waals surface area (Å²) in [7, 11) is 0. The van der Waals surface area contributed by atoms with Crippen LogP contribution in [0.5, 0.6) is 11.5 Å². The molecule has 1 aliphatic rings. The smallest absolute Gasteiger partial charge is 0.313 e. The van der Waals surface area contributed by atoms with Gasteiger partial charge in [0.05, 0.1) is 6.54 Å². The fourth-order valence-electron chi connectivity index (χ4n) is 2.69. The summed E-state index contributed by atoms with van der Waals surface area (Å²) in [6, 6.07) is 11.3. The summed E-state index contributed by atoms with van der Waals surface area (Å²) in [4.78, 5) is 35.2. The molecule has 0 bridgehead atoms. The number of rotatable bonds is 5. The van der Waals surface area contributed by atoms with E-state index < -0.39 is 17.4 Å². The second-order valence-corrected chi connectivity index (χ2v) is 6.74. The molecule has 0 aromatic heterocycles. The molecule has 0 radical (unpaired) electrons. The summed E-state index contributed by atoms with van der Waals surface area (Å²) < 4.78 is 10.5. The highest BCUT2D eigenvalue weighted by atomic mass is 16.7. The van der Waals surface area contributed by atoms with Gasteiger partial charge in [0.15, 0.2) is 11.5 Å². The molecule has 0 fully saturated rings. The van der Waals surface area contributed by atoms with Gasteiger partial charge in [0.2, 0.25) is 12.7 Å². The fourth-order valence-corrected chi connectivity index (χ4v) is 2.69. The minimum absolute atomic E-state index is 0.115. The third-order valence-electron chi connectivity index (χ3n) is 4.26. The third-order valence-corrected chi connectivity index (χ3v) is 4.26. The standard InChI is InChI=1S/C20H21N3O6/c1-12(24)22-14-4-6-15(7-5-14)23-19(26)18(25)21-10-20(2,27)13-3-8-16-17(9-13)29-11-28-16/h3-9,27H,10-11H2,1-2H3,(H,21,25)(H,22,24)(H,23,26). The quantitative estimate of drug-likeness (QED) is 0.562. The van der Waals surface area contributed by atoms with E-state index in [1.165, 1.54) is 13.8 Å². The minimum Gasteiger partial charge on any atom is -0.454 e. The Hall–Kier alpha value is -3.59. The van der Waals surface area contributed by atoms with E-state index in [1.54, 1.807) is 42.5 Å². The molecule has 9 heteroatoms. The molecule has 2 aromatic carbocycles. The number of benzene rings is 2. The highest BCUT2D eigenvalue weighted by Gasteiger charge is 2.27.